The van der Waals surface area contributed by atoms with Crippen LogP contribution in [0.1, 0.15) is 11.1 Å². The van der Waals surface area contributed by atoms with Crippen LogP contribution < -0.4 is 4.74 Å². The second-order valence-corrected chi connectivity index (χ2v) is 6.67. The molecule has 1 N–H and O–H groups in total. The van der Waals surface area contributed by atoms with Gasteiger partial charge in [-0.25, -0.2) is 0 Å². The molecule has 0 amide bonds. The molecule has 0 saturated carbocycles. The maximum Gasteiger partial charge on any atom is 0.120 e. The number of aliphatic hydroxyl groups is 1. The molecule has 0 saturated heterocycles. The first-order chi connectivity index (χ1) is 12.8. The fraction of sp³-hybridized carbons (Fsp3) is 0.0833. The van der Waals surface area contributed by atoms with E-state index in [4.69, 9.17) is 4.74 Å². The first kappa shape index (κ1) is 15.2. The van der Waals surface area contributed by atoms with Crippen LogP contribution in [0.3, 0.4) is 0 Å². The van der Waals surface area contributed by atoms with Crippen molar-refractivity contribution in [1.29, 1.82) is 0 Å². The molecule has 0 radical (unpaired) electrons. The molecule has 5 aromatic rings. The van der Waals surface area contributed by atoms with Gasteiger partial charge in [-0.05, 0) is 55.6 Å². The van der Waals surface area contributed by atoms with Gasteiger partial charge in [0, 0.05) is 0 Å². The van der Waals surface area contributed by atoms with E-state index in [1.165, 1.54) is 37.9 Å². The van der Waals surface area contributed by atoms with Gasteiger partial charge in [0.15, 0.2) is 0 Å². The first-order valence-electron chi connectivity index (χ1n) is 8.81. The zero-order valence-electron chi connectivity index (χ0n) is 14.3. The number of ether oxygens (including phenoxy) is 1. The van der Waals surface area contributed by atoms with Gasteiger partial charge in [0.1, 0.15) is 12.4 Å². The third-order valence-electron chi connectivity index (χ3n) is 5.09. The monoisotopic (exact) mass is 338 g/mol. The van der Waals surface area contributed by atoms with Crippen LogP contribution in [0.5, 0.6) is 5.75 Å². The Morgan fingerprint density at radius 1 is 0.692 bits per heavy atom. The standard InChI is InChI=1S/C24H18O2/c25-14-16-3-1-6-21(13-16)26-15-20-10-9-19-8-7-17-4-2-5-18-11-12-22(20)24(19)23(17)18/h1-13,25H,14-15H2. The second kappa shape index (κ2) is 6.01. The Bertz CT molecular complexity index is 1210. The minimum Gasteiger partial charge on any atom is -0.489 e. The normalized spacial score (nSPS) is 11.6. The third-order valence-corrected chi connectivity index (χ3v) is 5.09. The van der Waals surface area contributed by atoms with Crippen molar-refractivity contribution in [3.8, 4) is 5.75 Å². The fourth-order valence-electron chi connectivity index (χ4n) is 3.82. The fourth-order valence-corrected chi connectivity index (χ4v) is 3.82. The van der Waals surface area contributed by atoms with Crippen molar-refractivity contribution >= 4 is 32.3 Å². The van der Waals surface area contributed by atoms with Gasteiger partial charge >= 0.3 is 0 Å². The van der Waals surface area contributed by atoms with E-state index in [1.54, 1.807) is 0 Å². The topological polar surface area (TPSA) is 29.5 Å². The lowest BCUT2D eigenvalue weighted by molar-refractivity contribution is 0.278. The molecule has 0 atom stereocenters. The summed E-state index contributed by atoms with van der Waals surface area (Å²) in [5, 5.41) is 17.0. The predicted molar refractivity (Wildman–Crippen MR) is 107 cm³/mol. The largest absolute Gasteiger partial charge is 0.489 e. The molecule has 0 unspecified atom stereocenters. The van der Waals surface area contributed by atoms with Crippen LogP contribution in [0.4, 0.5) is 0 Å². The summed E-state index contributed by atoms with van der Waals surface area (Å²) in [5.41, 5.74) is 2.03. The lowest BCUT2D eigenvalue weighted by Crippen LogP contribution is -1.98. The van der Waals surface area contributed by atoms with E-state index < -0.39 is 0 Å². The number of aliphatic hydroxyl groups excluding tert-OH is 1. The van der Waals surface area contributed by atoms with E-state index in [-0.39, 0.29) is 6.61 Å². The van der Waals surface area contributed by atoms with E-state index in [9.17, 15) is 5.11 Å². The molecule has 0 aliphatic heterocycles. The summed E-state index contributed by atoms with van der Waals surface area (Å²) in [6.07, 6.45) is 0. The van der Waals surface area contributed by atoms with E-state index in [2.05, 4.69) is 54.6 Å². The van der Waals surface area contributed by atoms with Gasteiger partial charge in [-0.15, -0.1) is 0 Å². The Hall–Kier alpha value is -3.10. The van der Waals surface area contributed by atoms with Gasteiger partial charge in [0.2, 0.25) is 0 Å². The van der Waals surface area contributed by atoms with Crippen LogP contribution in [0.2, 0.25) is 0 Å². The SMILES string of the molecule is OCc1cccc(OCc2ccc3ccc4cccc5ccc2c3c45)c1. The Labute approximate surface area is 151 Å². The molecular weight excluding hydrogens is 320 g/mol. The first-order valence-corrected chi connectivity index (χ1v) is 8.81. The van der Waals surface area contributed by atoms with Crippen molar-refractivity contribution in [2.75, 3.05) is 0 Å². The van der Waals surface area contributed by atoms with Gasteiger partial charge < -0.3 is 9.84 Å². The Morgan fingerprint density at radius 2 is 1.38 bits per heavy atom. The summed E-state index contributed by atoms with van der Waals surface area (Å²) in [5.74, 6) is 0.780. The smallest absolute Gasteiger partial charge is 0.120 e. The minimum absolute atomic E-state index is 0.0237. The quantitative estimate of drug-likeness (QED) is 0.429. The van der Waals surface area contributed by atoms with Gasteiger partial charge in [0.05, 0.1) is 6.61 Å². The van der Waals surface area contributed by atoms with E-state index in [0.29, 0.717) is 6.61 Å². The van der Waals surface area contributed by atoms with Crippen molar-refractivity contribution < 1.29 is 9.84 Å². The zero-order valence-corrected chi connectivity index (χ0v) is 14.3. The van der Waals surface area contributed by atoms with Crippen molar-refractivity contribution in [1.82, 2.24) is 0 Å². The van der Waals surface area contributed by atoms with Crippen molar-refractivity contribution in [3.63, 3.8) is 0 Å². The molecular formula is C24H18O2. The highest BCUT2D eigenvalue weighted by atomic mass is 16.5. The highest BCUT2D eigenvalue weighted by molar-refractivity contribution is 6.23. The number of hydrogen-bond acceptors (Lipinski definition) is 2. The lowest BCUT2D eigenvalue weighted by atomic mass is 9.92. The van der Waals surface area contributed by atoms with Crippen LogP contribution in [-0.2, 0) is 13.2 Å². The Kier molecular flexibility index (Phi) is 3.51. The average Bonchev–Trinajstić information content (AvgIpc) is 2.71. The van der Waals surface area contributed by atoms with Crippen LogP contribution in [0, 0.1) is 0 Å². The Balaban J connectivity index is 1.61. The summed E-state index contributed by atoms with van der Waals surface area (Å²) in [4.78, 5) is 0. The van der Waals surface area contributed by atoms with Gasteiger partial charge in [-0.2, -0.15) is 0 Å². The van der Waals surface area contributed by atoms with Gasteiger partial charge in [-0.3, -0.25) is 0 Å². The van der Waals surface area contributed by atoms with E-state index >= 15 is 0 Å². The summed E-state index contributed by atoms with van der Waals surface area (Å²) >= 11 is 0. The molecule has 0 aliphatic carbocycles. The predicted octanol–water partition coefficient (Wildman–Crippen LogP) is 5.66. The van der Waals surface area contributed by atoms with Gasteiger partial charge in [-0.1, -0.05) is 66.7 Å². The molecule has 0 fully saturated rings. The van der Waals surface area contributed by atoms with Crippen molar-refractivity contribution in [2.24, 2.45) is 0 Å². The average molecular weight is 338 g/mol. The summed E-state index contributed by atoms with van der Waals surface area (Å²) in [6.45, 7) is 0.527. The molecule has 26 heavy (non-hydrogen) atoms. The van der Waals surface area contributed by atoms with Crippen LogP contribution >= 0.6 is 0 Å². The highest BCUT2D eigenvalue weighted by Crippen LogP contribution is 2.36. The summed E-state index contributed by atoms with van der Waals surface area (Å²) in [6, 6.07) is 27.2. The molecule has 5 rings (SSSR count). The molecule has 0 spiro atoms. The van der Waals surface area contributed by atoms with E-state index in [0.717, 1.165) is 11.3 Å². The van der Waals surface area contributed by atoms with E-state index in [1.807, 2.05) is 24.3 Å². The maximum atomic E-state index is 9.29. The molecule has 2 nitrogen and oxygen atoms in total. The molecule has 0 heterocycles. The molecule has 0 aliphatic rings. The van der Waals surface area contributed by atoms with Crippen LogP contribution in [-0.4, -0.2) is 5.11 Å². The molecule has 0 aromatic heterocycles. The summed E-state index contributed by atoms with van der Waals surface area (Å²) in [7, 11) is 0. The summed E-state index contributed by atoms with van der Waals surface area (Å²) < 4.78 is 6.01. The van der Waals surface area contributed by atoms with Crippen LogP contribution in [0.25, 0.3) is 32.3 Å². The van der Waals surface area contributed by atoms with Crippen LogP contribution in [0.15, 0.2) is 78.9 Å². The van der Waals surface area contributed by atoms with Crippen molar-refractivity contribution in [3.05, 3.63) is 90.0 Å². The molecule has 126 valence electrons. The number of benzene rings is 5. The third kappa shape index (κ3) is 2.39. The molecule has 2 heteroatoms. The second-order valence-electron chi connectivity index (χ2n) is 6.67. The molecule has 5 aromatic carbocycles. The number of hydrogen-bond donors (Lipinski definition) is 1. The molecule has 0 bridgehead atoms. The lowest BCUT2D eigenvalue weighted by Gasteiger charge is -2.14. The highest BCUT2D eigenvalue weighted by Gasteiger charge is 2.11. The minimum atomic E-state index is 0.0237. The van der Waals surface area contributed by atoms with Gasteiger partial charge in [0.25, 0.3) is 0 Å². The zero-order chi connectivity index (χ0) is 17.5. The maximum absolute atomic E-state index is 9.29. The number of rotatable bonds is 4. The Morgan fingerprint density at radius 3 is 2.19 bits per heavy atom. The van der Waals surface area contributed by atoms with Crippen molar-refractivity contribution in [2.45, 2.75) is 13.2 Å².